The summed E-state index contributed by atoms with van der Waals surface area (Å²) in [5.74, 6) is 0. The van der Waals surface area contributed by atoms with Gasteiger partial charge in [-0.15, -0.1) is 0 Å². The summed E-state index contributed by atoms with van der Waals surface area (Å²) in [6.45, 7) is 1.91. The van der Waals surface area contributed by atoms with Crippen LogP contribution in [0.5, 0.6) is 0 Å². The molecule has 1 aliphatic rings. The summed E-state index contributed by atoms with van der Waals surface area (Å²) < 4.78 is 5.36. The van der Waals surface area contributed by atoms with Gasteiger partial charge >= 0.3 is 6.09 Å². The maximum Gasteiger partial charge on any atom is 0.410 e. The molecule has 1 atom stereocenters. The van der Waals surface area contributed by atoms with Crippen LogP contribution in [0, 0.1) is 0 Å². The smallest absolute Gasteiger partial charge is 0.410 e. The molecule has 1 heterocycles. The zero-order valence-electron chi connectivity index (χ0n) is 10.7. The van der Waals surface area contributed by atoms with Crippen LogP contribution >= 0.6 is 0 Å². The Morgan fingerprint density at radius 1 is 1.33 bits per heavy atom. The first-order chi connectivity index (χ1) is 8.81. The first-order valence-electron chi connectivity index (χ1n) is 6.58. The third-order valence-electron chi connectivity index (χ3n) is 3.40. The molecule has 1 saturated heterocycles. The van der Waals surface area contributed by atoms with Crippen LogP contribution in [0.1, 0.15) is 24.8 Å². The average Bonchev–Trinajstić information content (AvgIpc) is 2.45. The largest absolute Gasteiger partial charge is 0.445 e. The molecule has 1 aromatic rings. The van der Waals surface area contributed by atoms with Crippen LogP contribution in [0.3, 0.4) is 0 Å². The first kappa shape index (κ1) is 12.9. The fourth-order valence-corrected chi connectivity index (χ4v) is 2.34. The Bertz CT molecular complexity index is 381. The van der Waals surface area contributed by atoms with Crippen molar-refractivity contribution >= 4 is 6.09 Å². The predicted octanol–water partition coefficient (Wildman–Crippen LogP) is 1.42. The number of quaternary nitrogens is 1. The lowest BCUT2D eigenvalue weighted by Gasteiger charge is -2.32. The minimum Gasteiger partial charge on any atom is -0.445 e. The number of carbonyl (C=O) groups is 1. The summed E-state index contributed by atoms with van der Waals surface area (Å²) in [7, 11) is 0. The highest BCUT2D eigenvalue weighted by Gasteiger charge is 2.27. The maximum absolute atomic E-state index is 12.0. The molecule has 3 N–H and O–H groups in total. The van der Waals surface area contributed by atoms with Gasteiger partial charge < -0.3 is 10.5 Å². The van der Waals surface area contributed by atoms with Crippen molar-refractivity contribution in [2.75, 3.05) is 13.1 Å². The van der Waals surface area contributed by atoms with E-state index in [2.05, 4.69) is 5.73 Å². The van der Waals surface area contributed by atoms with E-state index in [1.54, 1.807) is 0 Å². The van der Waals surface area contributed by atoms with Gasteiger partial charge in [-0.3, -0.25) is 4.90 Å². The van der Waals surface area contributed by atoms with Gasteiger partial charge in [-0.05, 0) is 24.8 Å². The number of piperidine rings is 1. The Hall–Kier alpha value is -1.55. The molecule has 0 aliphatic carbocycles. The summed E-state index contributed by atoms with van der Waals surface area (Å²) in [6.07, 6.45) is 3.09. The van der Waals surface area contributed by atoms with Gasteiger partial charge in [0.15, 0.2) is 0 Å². The van der Waals surface area contributed by atoms with E-state index in [1.807, 2.05) is 35.2 Å². The summed E-state index contributed by atoms with van der Waals surface area (Å²) in [5.41, 5.74) is 4.93. The van der Waals surface area contributed by atoms with Crippen LogP contribution in [-0.2, 0) is 11.3 Å². The Balaban J connectivity index is 1.87. The van der Waals surface area contributed by atoms with Crippen molar-refractivity contribution in [2.24, 2.45) is 0 Å². The Labute approximate surface area is 108 Å². The third-order valence-corrected chi connectivity index (χ3v) is 3.40. The zero-order valence-corrected chi connectivity index (χ0v) is 10.7. The number of hydrogen-bond acceptors (Lipinski definition) is 2. The molecular weight excluding hydrogens is 228 g/mol. The number of ether oxygens (including phenoxy) is 1. The Morgan fingerprint density at radius 2 is 2.11 bits per heavy atom. The van der Waals surface area contributed by atoms with Crippen LogP contribution < -0.4 is 5.73 Å². The van der Waals surface area contributed by atoms with Gasteiger partial charge in [0.2, 0.25) is 0 Å². The summed E-state index contributed by atoms with van der Waals surface area (Å²) in [6, 6.07) is 10.0. The molecule has 0 radical (unpaired) electrons. The lowest BCUT2D eigenvalue weighted by molar-refractivity contribution is -0.378. The Morgan fingerprint density at radius 3 is 2.83 bits per heavy atom. The van der Waals surface area contributed by atoms with Crippen molar-refractivity contribution < 1.29 is 15.3 Å². The molecule has 0 unspecified atom stereocenters. The average molecular weight is 249 g/mol. The van der Waals surface area contributed by atoms with Crippen LogP contribution in [0.25, 0.3) is 0 Å². The lowest BCUT2D eigenvalue weighted by atomic mass is 10.0. The fourth-order valence-electron chi connectivity index (χ4n) is 2.34. The maximum atomic E-state index is 12.0. The Kier molecular flexibility index (Phi) is 4.59. The molecule has 1 amide bonds. The van der Waals surface area contributed by atoms with Crippen molar-refractivity contribution in [3.8, 4) is 0 Å². The van der Waals surface area contributed by atoms with E-state index < -0.39 is 0 Å². The fraction of sp³-hybridized carbons (Fsp3) is 0.500. The number of rotatable bonds is 3. The summed E-state index contributed by atoms with van der Waals surface area (Å²) in [5, 5.41) is 0. The van der Waals surface area contributed by atoms with Crippen molar-refractivity contribution in [1.29, 1.82) is 0 Å². The molecule has 1 aliphatic heterocycles. The number of nitrogens with zero attached hydrogens (tertiary/aromatic N) is 1. The van der Waals surface area contributed by atoms with Gasteiger partial charge in [0.25, 0.3) is 0 Å². The highest BCUT2D eigenvalue weighted by Crippen LogP contribution is 2.17. The molecule has 0 saturated carbocycles. The first-order valence-corrected chi connectivity index (χ1v) is 6.58. The van der Waals surface area contributed by atoms with Crippen molar-refractivity contribution in [3.05, 3.63) is 35.9 Å². The van der Waals surface area contributed by atoms with Crippen LogP contribution in [0.15, 0.2) is 30.3 Å². The molecule has 2 rings (SSSR count). The van der Waals surface area contributed by atoms with E-state index in [1.165, 1.54) is 6.42 Å². The van der Waals surface area contributed by atoms with E-state index in [4.69, 9.17) is 4.74 Å². The zero-order chi connectivity index (χ0) is 12.8. The summed E-state index contributed by atoms with van der Waals surface area (Å²) in [4.78, 5) is 13.8. The second-order valence-corrected chi connectivity index (χ2v) is 4.67. The second-order valence-electron chi connectivity index (χ2n) is 4.67. The van der Waals surface area contributed by atoms with E-state index in [0.717, 1.165) is 31.5 Å². The van der Waals surface area contributed by atoms with E-state index >= 15 is 0 Å². The molecule has 4 nitrogen and oxygen atoms in total. The number of likely N-dealkylation sites (tertiary alicyclic amines) is 1. The van der Waals surface area contributed by atoms with Gasteiger partial charge in [0.05, 0.1) is 12.6 Å². The van der Waals surface area contributed by atoms with E-state index in [9.17, 15) is 4.79 Å². The SMILES string of the molecule is [NH3+]C[C@@H]1CCCCN1C(=O)OCc1ccccc1. The molecule has 18 heavy (non-hydrogen) atoms. The monoisotopic (exact) mass is 249 g/mol. The van der Waals surface area contributed by atoms with Gasteiger partial charge in [-0.25, -0.2) is 4.79 Å². The van der Waals surface area contributed by atoms with Crippen molar-refractivity contribution in [2.45, 2.75) is 31.9 Å². The van der Waals surface area contributed by atoms with Crippen LogP contribution in [0.4, 0.5) is 4.79 Å². The number of amides is 1. The molecular formula is C14H21N2O2+. The topological polar surface area (TPSA) is 57.2 Å². The summed E-state index contributed by atoms with van der Waals surface area (Å²) >= 11 is 0. The lowest BCUT2D eigenvalue weighted by Crippen LogP contribution is -2.62. The van der Waals surface area contributed by atoms with Crippen molar-refractivity contribution in [3.63, 3.8) is 0 Å². The molecule has 1 aromatic carbocycles. The number of carbonyl (C=O) groups excluding carboxylic acids is 1. The van der Waals surface area contributed by atoms with Crippen LogP contribution in [-0.4, -0.2) is 30.1 Å². The third kappa shape index (κ3) is 3.23. The standard InChI is InChI=1S/C14H20N2O2/c15-10-13-8-4-5-9-16(13)14(17)18-11-12-6-2-1-3-7-12/h1-3,6-7,13H,4-5,8-11,15H2/p+1/t13-/m0/s1. The molecule has 4 heteroatoms. The van der Waals surface area contributed by atoms with Crippen molar-refractivity contribution in [1.82, 2.24) is 4.90 Å². The molecule has 0 aromatic heterocycles. The number of benzene rings is 1. The minimum atomic E-state index is -0.202. The quantitative estimate of drug-likeness (QED) is 0.880. The van der Waals surface area contributed by atoms with Crippen LogP contribution in [0.2, 0.25) is 0 Å². The second kappa shape index (κ2) is 6.40. The number of hydrogen-bond donors (Lipinski definition) is 1. The normalized spacial score (nSPS) is 19.6. The molecule has 98 valence electrons. The molecule has 1 fully saturated rings. The van der Waals surface area contributed by atoms with E-state index in [-0.39, 0.29) is 12.1 Å². The van der Waals surface area contributed by atoms with Gasteiger partial charge in [-0.2, -0.15) is 0 Å². The predicted molar refractivity (Wildman–Crippen MR) is 68.7 cm³/mol. The molecule has 0 spiro atoms. The van der Waals surface area contributed by atoms with Gasteiger partial charge in [-0.1, -0.05) is 30.3 Å². The highest BCUT2D eigenvalue weighted by atomic mass is 16.6. The van der Waals surface area contributed by atoms with Gasteiger partial charge in [0.1, 0.15) is 6.61 Å². The van der Waals surface area contributed by atoms with E-state index in [0.29, 0.717) is 6.61 Å². The molecule has 0 bridgehead atoms. The minimum absolute atomic E-state index is 0.202. The highest BCUT2D eigenvalue weighted by molar-refractivity contribution is 5.68. The van der Waals surface area contributed by atoms with Gasteiger partial charge in [0, 0.05) is 6.54 Å².